The molecule has 3 amide bonds. The number of ether oxygens (including phenoxy) is 2. The molecule has 2 heterocycles. The van der Waals surface area contributed by atoms with E-state index in [0.717, 1.165) is 29.8 Å². The Morgan fingerprint density at radius 2 is 2.00 bits per heavy atom. The standard InChI is InChI=1S/C27H33N5O4/c1-3-28-27(34)31(17-23-14-9-15-36-23)19-25(33)30-26-29-24(20-10-6-5-7-11-20)18-32(26)21-12-8-13-22(16-21)35-4-2/h5-8,10-13,16,18,23H,3-4,9,14-15,17,19H2,1-2H3,(H,28,34)(H,29,30,33). The number of urea groups is 1. The highest BCUT2D eigenvalue weighted by Crippen LogP contribution is 2.26. The predicted molar refractivity (Wildman–Crippen MR) is 138 cm³/mol. The number of hydrogen-bond donors (Lipinski definition) is 2. The summed E-state index contributed by atoms with van der Waals surface area (Å²) in [6.07, 6.45) is 3.65. The average Bonchev–Trinajstić information content (AvgIpc) is 3.55. The van der Waals surface area contributed by atoms with Gasteiger partial charge < -0.3 is 19.7 Å². The maximum Gasteiger partial charge on any atom is 0.317 e. The van der Waals surface area contributed by atoms with Gasteiger partial charge in [-0.3, -0.25) is 14.7 Å². The van der Waals surface area contributed by atoms with E-state index in [4.69, 9.17) is 14.5 Å². The molecular formula is C27H33N5O4. The van der Waals surface area contributed by atoms with E-state index in [0.29, 0.717) is 37.9 Å². The molecule has 1 unspecified atom stereocenters. The zero-order valence-corrected chi connectivity index (χ0v) is 20.8. The van der Waals surface area contributed by atoms with Gasteiger partial charge in [0.2, 0.25) is 11.9 Å². The number of imidazole rings is 1. The summed E-state index contributed by atoms with van der Waals surface area (Å²) in [6.45, 7) is 5.73. The summed E-state index contributed by atoms with van der Waals surface area (Å²) in [6, 6.07) is 17.1. The highest BCUT2D eigenvalue weighted by atomic mass is 16.5. The SMILES string of the molecule is CCNC(=O)N(CC(=O)Nc1nc(-c2ccccc2)cn1-c1cccc(OCC)c1)CC1CCCO1. The normalized spacial score (nSPS) is 14.9. The van der Waals surface area contributed by atoms with Crippen molar-refractivity contribution in [2.75, 3.05) is 38.2 Å². The van der Waals surface area contributed by atoms with Crippen molar-refractivity contribution in [3.8, 4) is 22.7 Å². The molecule has 0 aliphatic carbocycles. The molecule has 3 aromatic rings. The number of rotatable bonds is 10. The number of aromatic nitrogens is 2. The van der Waals surface area contributed by atoms with Crippen molar-refractivity contribution in [3.05, 3.63) is 60.8 Å². The molecule has 190 valence electrons. The number of benzene rings is 2. The van der Waals surface area contributed by atoms with E-state index in [1.54, 1.807) is 0 Å². The van der Waals surface area contributed by atoms with Crippen molar-refractivity contribution >= 4 is 17.9 Å². The van der Waals surface area contributed by atoms with Crippen LogP contribution in [0.3, 0.4) is 0 Å². The smallest absolute Gasteiger partial charge is 0.317 e. The second kappa shape index (κ2) is 12.2. The van der Waals surface area contributed by atoms with Gasteiger partial charge in [-0.25, -0.2) is 9.78 Å². The maximum atomic E-state index is 13.2. The molecule has 1 atom stereocenters. The Hall–Kier alpha value is -3.85. The fourth-order valence-corrected chi connectivity index (χ4v) is 4.16. The van der Waals surface area contributed by atoms with Crippen molar-refractivity contribution in [3.63, 3.8) is 0 Å². The highest BCUT2D eigenvalue weighted by Gasteiger charge is 2.25. The molecule has 0 spiro atoms. The van der Waals surface area contributed by atoms with Crippen LogP contribution in [0.25, 0.3) is 16.9 Å². The summed E-state index contributed by atoms with van der Waals surface area (Å²) < 4.78 is 13.2. The van der Waals surface area contributed by atoms with E-state index in [9.17, 15) is 9.59 Å². The largest absolute Gasteiger partial charge is 0.494 e. The van der Waals surface area contributed by atoms with Gasteiger partial charge in [-0.1, -0.05) is 36.4 Å². The van der Waals surface area contributed by atoms with Crippen LogP contribution >= 0.6 is 0 Å². The van der Waals surface area contributed by atoms with Crippen LogP contribution in [0.15, 0.2) is 60.8 Å². The molecule has 1 saturated heterocycles. The first-order valence-electron chi connectivity index (χ1n) is 12.4. The van der Waals surface area contributed by atoms with Crippen molar-refractivity contribution in [1.29, 1.82) is 0 Å². The third-order valence-corrected chi connectivity index (χ3v) is 5.83. The summed E-state index contributed by atoms with van der Waals surface area (Å²) in [7, 11) is 0. The molecule has 1 aliphatic heterocycles. The third-order valence-electron chi connectivity index (χ3n) is 5.83. The molecule has 0 radical (unpaired) electrons. The molecular weight excluding hydrogens is 458 g/mol. The van der Waals surface area contributed by atoms with Gasteiger partial charge in [0, 0.05) is 37.5 Å². The van der Waals surface area contributed by atoms with Crippen molar-refractivity contribution in [2.24, 2.45) is 0 Å². The third kappa shape index (κ3) is 6.42. The van der Waals surface area contributed by atoms with Crippen LogP contribution in [0, 0.1) is 0 Å². The molecule has 9 nitrogen and oxygen atoms in total. The molecule has 0 saturated carbocycles. The van der Waals surface area contributed by atoms with Crippen LogP contribution in [-0.2, 0) is 9.53 Å². The first-order chi connectivity index (χ1) is 17.6. The minimum absolute atomic E-state index is 0.0617. The fourth-order valence-electron chi connectivity index (χ4n) is 4.16. The molecule has 4 rings (SSSR count). The van der Waals surface area contributed by atoms with Crippen molar-refractivity contribution < 1.29 is 19.1 Å². The van der Waals surface area contributed by atoms with E-state index in [1.165, 1.54) is 4.90 Å². The quantitative estimate of drug-likeness (QED) is 0.445. The van der Waals surface area contributed by atoms with Gasteiger partial charge in [-0.15, -0.1) is 0 Å². The fraction of sp³-hybridized carbons (Fsp3) is 0.370. The van der Waals surface area contributed by atoms with Crippen molar-refractivity contribution in [1.82, 2.24) is 19.8 Å². The van der Waals surface area contributed by atoms with Gasteiger partial charge in [0.05, 0.1) is 24.1 Å². The Balaban J connectivity index is 1.59. The Morgan fingerprint density at radius 1 is 1.17 bits per heavy atom. The number of amides is 3. The summed E-state index contributed by atoms with van der Waals surface area (Å²) in [5, 5.41) is 5.70. The monoisotopic (exact) mass is 491 g/mol. The Kier molecular flexibility index (Phi) is 8.57. The van der Waals surface area contributed by atoms with Gasteiger partial charge in [0.15, 0.2) is 0 Å². The lowest BCUT2D eigenvalue weighted by Gasteiger charge is -2.25. The highest BCUT2D eigenvalue weighted by molar-refractivity contribution is 5.93. The lowest BCUT2D eigenvalue weighted by Crippen LogP contribution is -2.47. The van der Waals surface area contributed by atoms with E-state index >= 15 is 0 Å². The van der Waals surface area contributed by atoms with E-state index in [-0.39, 0.29) is 24.6 Å². The van der Waals surface area contributed by atoms with Crippen molar-refractivity contribution in [2.45, 2.75) is 32.8 Å². The van der Waals surface area contributed by atoms with Crippen LogP contribution in [0.1, 0.15) is 26.7 Å². The summed E-state index contributed by atoms with van der Waals surface area (Å²) >= 11 is 0. The molecule has 9 heteroatoms. The topological polar surface area (TPSA) is 97.7 Å². The summed E-state index contributed by atoms with van der Waals surface area (Å²) in [5.41, 5.74) is 2.44. The molecule has 1 aliphatic rings. The minimum Gasteiger partial charge on any atom is -0.494 e. The number of nitrogens with zero attached hydrogens (tertiary/aromatic N) is 3. The number of nitrogens with one attached hydrogen (secondary N) is 2. The van der Waals surface area contributed by atoms with Crippen LogP contribution in [0.4, 0.5) is 10.7 Å². The first kappa shape index (κ1) is 25.2. The zero-order valence-electron chi connectivity index (χ0n) is 20.8. The predicted octanol–water partition coefficient (Wildman–Crippen LogP) is 4.09. The number of anilines is 1. The van der Waals surface area contributed by atoms with Gasteiger partial charge in [-0.2, -0.15) is 0 Å². The number of hydrogen-bond acceptors (Lipinski definition) is 5. The summed E-state index contributed by atoms with van der Waals surface area (Å²) in [4.78, 5) is 32.0. The van der Waals surface area contributed by atoms with Crippen LogP contribution in [0.5, 0.6) is 5.75 Å². The minimum atomic E-state index is -0.341. The van der Waals surface area contributed by atoms with E-state index in [1.807, 2.05) is 79.2 Å². The van der Waals surface area contributed by atoms with Gasteiger partial charge >= 0.3 is 6.03 Å². The van der Waals surface area contributed by atoms with E-state index in [2.05, 4.69) is 10.6 Å². The van der Waals surface area contributed by atoms with Gasteiger partial charge in [0.1, 0.15) is 12.3 Å². The molecule has 36 heavy (non-hydrogen) atoms. The lowest BCUT2D eigenvalue weighted by atomic mass is 10.2. The van der Waals surface area contributed by atoms with Crippen LogP contribution in [-0.4, -0.2) is 65.3 Å². The first-order valence-corrected chi connectivity index (χ1v) is 12.4. The number of carbonyl (C=O) groups is 2. The van der Waals surface area contributed by atoms with Crippen LogP contribution in [0.2, 0.25) is 0 Å². The average molecular weight is 492 g/mol. The van der Waals surface area contributed by atoms with Gasteiger partial charge in [0.25, 0.3) is 0 Å². The zero-order chi connectivity index (χ0) is 25.3. The molecule has 2 aromatic carbocycles. The summed E-state index contributed by atoms with van der Waals surface area (Å²) in [5.74, 6) is 0.744. The van der Waals surface area contributed by atoms with E-state index < -0.39 is 0 Å². The second-order valence-electron chi connectivity index (χ2n) is 8.52. The van der Waals surface area contributed by atoms with Crippen LogP contribution < -0.4 is 15.4 Å². The molecule has 1 fully saturated rings. The Bertz CT molecular complexity index is 1160. The second-order valence-corrected chi connectivity index (χ2v) is 8.52. The number of carbonyl (C=O) groups excluding carboxylic acids is 2. The molecule has 1 aromatic heterocycles. The maximum absolute atomic E-state index is 13.2. The van der Waals surface area contributed by atoms with Gasteiger partial charge in [-0.05, 0) is 38.8 Å². The Morgan fingerprint density at radius 3 is 2.72 bits per heavy atom. The molecule has 2 N–H and O–H groups in total. The Labute approximate surface area is 211 Å². The lowest BCUT2D eigenvalue weighted by molar-refractivity contribution is -0.117. The molecule has 0 bridgehead atoms.